The van der Waals surface area contributed by atoms with E-state index in [-0.39, 0.29) is 30.1 Å². The molecule has 1 aromatic heterocycles. The van der Waals surface area contributed by atoms with Crippen molar-refractivity contribution in [3.8, 4) is 0 Å². The van der Waals surface area contributed by atoms with E-state index in [1.165, 1.54) is 29.5 Å². The highest BCUT2D eigenvalue weighted by atomic mass is 32.1. The summed E-state index contributed by atoms with van der Waals surface area (Å²) in [6.45, 7) is 0. The summed E-state index contributed by atoms with van der Waals surface area (Å²) in [5, 5.41) is 4.79. The van der Waals surface area contributed by atoms with Crippen LogP contribution in [0.25, 0.3) is 0 Å². The number of hydrogen-bond donors (Lipinski definition) is 1. The van der Waals surface area contributed by atoms with E-state index < -0.39 is 5.82 Å². The summed E-state index contributed by atoms with van der Waals surface area (Å²) in [7, 11) is 0. The average molecular weight is 278 g/mol. The van der Waals surface area contributed by atoms with E-state index in [0.717, 1.165) is 0 Å². The van der Waals surface area contributed by atoms with Crippen LogP contribution in [0.15, 0.2) is 35.8 Å². The summed E-state index contributed by atoms with van der Waals surface area (Å²) in [5.74, 6) is -1.25. The van der Waals surface area contributed by atoms with Gasteiger partial charge in [0.05, 0.1) is 5.56 Å². The molecule has 0 aliphatic heterocycles. The minimum Gasteiger partial charge on any atom is -0.302 e. The Balaban J connectivity index is 1.87. The molecule has 0 atom stereocenters. The Morgan fingerprint density at radius 2 is 2.05 bits per heavy atom. The third-order valence-electron chi connectivity index (χ3n) is 2.43. The minimum absolute atomic E-state index is 0.00669. The Bertz CT molecular complexity index is 584. The molecule has 4 nitrogen and oxygen atoms in total. The normalized spacial score (nSPS) is 10.2. The number of nitrogens with one attached hydrogen (secondary N) is 1. The molecule has 98 valence electrons. The van der Waals surface area contributed by atoms with Gasteiger partial charge in [-0.15, -0.1) is 11.3 Å². The van der Waals surface area contributed by atoms with Crippen molar-refractivity contribution in [3.05, 3.63) is 47.2 Å². The predicted octanol–water partition coefficient (Wildman–Crippen LogP) is 2.88. The molecule has 6 heteroatoms. The zero-order chi connectivity index (χ0) is 13.7. The second-order valence-corrected chi connectivity index (χ2v) is 4.68. The molecule has 0 unspecified atom stereocenters. The number of benzene rings is 1. The number of aromatic nitrogens is 1. The molecule has 0 fully saturated rings. The fourth-order valence-electron chi connectivity index (χ4n) is 1.52. The van der Waals surface area contributed by atoms with E-state index in [0.29, 0.717) is 5.13 Å². The van der Waals surface area contributed by atoms with E-state index in [9.17, 15) is 14.0 Å². The summed E-state index contributed by atoms with van der Waals surface area (Å²) in [6, 6.07) is 5.74. The third kappa shape index (κ3) is 3.69. The first-order valence-electron chi connectivity index (χ1n) is 5.64. The lowest BCUT2D eigenvalue weighted by Crippen LogP contribution is -2.13. The molecule has 19 heavy (non-hydrogen) atoms. The summed E-state index contributed by atoms with van der Waals surface area (Å²) >= 11 is 1.30. The van der Waals surface area contributed by atoms with E-state index in [4.69, 9.17) is 0 Å². The van der Waals surface area contributed by atoms with Crippen LogP contribution in [0.5, 0.6) is 0 Å². The van der Waals surface area contributed by atoms with Crippen LogP contribution in [-0.4, -0.2) is 16.7 Å². The Kier molecular flexibility index (Phi) is 4.35. The van der Waals surface area contributed by atoms with Crippen LogP contribution in [0.2, 0.25) is 0 Å². The van der Waals surface area contributed by atoms with Crippen LogP contribution >= 0.6 is 11.3 Å². The zero-order valence-electron chi connectivity index (χ0n) is 9.93. The van der Waals surface area contributed by atoms with Crippen molar-refractivity contribution in [1.82, 2.24) is 4.98 Å². The number of hydrogen-bond acceptors (Lipinski definition) is 4. The van der Waals surface area contributed by atoms with Gasteiger partial charge in [0.15, 0.2) is 10.9 Å². The van der Waals surface area contributed by atoms with Gasteiger partial charge >= 0.3 is 0 Å². The highest BCUT2D eigenvalue weighted by Gasteiger charge is 2.13. The summed E-state index contributed by atoms with van der Waals surface area (Å²) < 4.78 is 13.3. The number of carbonyl (C=O) groups excluding carboxylic acids is 2. The van der Waals surface area contributed by atoms with Gasteiger partial charge in [0, 0.05) is 24.4 Å². The molecule has 0 radical (unpaired) electrons. The largest absolute Gasteiger partial charge is 0.302 e. The van der Waals surface area contributed by atoms with E-state index in [1.807, 2.05) is 0 Å². The number of nitrogens with zero attached hydrogens (tertiary/aromatic N) is 1. The highest BCUT2D eigenvalue weighted by Crippen LogP contribution is 2.13. The quantitative estimate of drug-likeness (QED) is 0.855. The van der Waals surface area contributed by atoms with Crippen molar-refractivity contribution in [2.45, 2.75) is 12.8 Å². The van der Waals surface area contributed by atoms with Crippen molar-refractivity contribution >= 4 is 28.2 Å². The van der Waals surface area contributed by atoms with Gasteiger partial charge in [0.25, 0.3) is 0 Å². The lowest BCUT2D eigenvalue weighted by molar-refractivity contribution is -0.116. The van der Waals surface area contributed by atoms with E-state index in [1.54, 1.807) is 17.6 Å². The zero-order valence-corrected chi connectivity index (χ0v) is 10.7. The predicted molar refractivity (Wildman–Crippen MR) is 70.7 cm³/mol. The van der Waals surface area contributed by atoms with Crippen LogP contribution in [0, 0.1) is 5.82 Å². The maximum Gasteiger partial charge on any atom is 0.226 e. The highest BCUT2D eigenvalue weighted by molar-refractivity contribution is 7.13. The Labute approximate surface area is 113 Å². The van der Waals surface area contributed by atoms with Gasteiger partial charge in [0.2, 0.25) is 5.91 Å². The number of Topliss-reactive ketones (excluding diaryl/α,β-unsaturated/α-hetero) is 1. The van der Waals surface area contributed by atoms with Crippen LogP contribution in [0.4, 0.5) is 9.52 Å². The maximum atomic E-state index is 13.3. The smallest absolute Gasteiger partial charge is 0.226 e. The number of rotatable bonds is 5. The lowest BCUT2D eigenvalue weighted by Gasteiger charge is -2.03. The minimum atomic E-state index is -0.562. The standard InChI is InChI=1S/C13H11FN2O2S/c14-10-4-2-1-3-9(10)11(17)5-6-12(18)16-13-15-7-8-19-13/h1-4,7-8H,5-6H2,(H,15,16,18). The summed E-state index contributed by atoms with van der Waals surface area (Å²) in [6.07, 6.45) is 1.55. The molecule has 2 rings (SSSR count). The van der Waals surface area contributed by atoms with Crippen molar-refractivity contribution in [2.24, 2.45) is 0 Å². The monoisotopic (exact) mass is 278 g/mol. The Morgan fingerprint density at radius 1 is 1.26 bits per heavy atom. The average Bonchev–Trinajstić information content (AvgIpc) is 2.89. The number of halogens is 1. The molecular formula is C13H11FN2O2S. The Hall–Kier alpha value is -2.08. The van der Waals surface area contributed by atoms with Crippen molar-refractivity contribution in [3.63, 3.8) is 0 Å². The fraction of sp³-hybridized carbons (Fsp3) is 0.154. The molecule has 0 saturated heterocycles. The van der Waals surface area contributed by atoms with E-state index >= 15 is 0 Å². The molecule has 0 bridgehead atoms. The summed E-state index contributed by atoms with van der Waals surface area (Å²) in [5.41, 5.74) is 0.0181. The van der Waals surface area contributed by atoms with Crippen LogP contribution in [0.1, 0.15) is 23.2 Å². The number of anilines is 1. The van der Waals surface area contributed by atoms with Gasteiger partial charge in [-0.25, -0.2) is 9.37 Å². The SMILES string of the molecule is O=C(CCC(=O)c1ccccc1F)Nc1nccs1. The second kappa shape index (κ2) is 6.19. The van der Waals surface area contributed by atoms with E-state index in [2.05, 4.69) is 10.3 Å². The molecule has 1 aromatic carbocycles. The molecule has 1 amide bonds. The summed E-state index contributed by atoms with van der Waals surface area (Å²) in [4.78, 5) is 27.2. The first kappa shape index (κ1) is 13.4. The van der Waals surface area contributed by atoms with Gasteiger partial charge in [-0.3, -0.25) is 9.59 Å². The maximum absolute atomic E-state index is 13.3. The fourth-order valence-corrected chi connectivity index (χ4v) is 2.06. The molecule has 2 aromatic rings. The molecule has 0 spiro atoms. The first-order chi connectivity index (χ1) is 9.16. The molecule has 1 heterocycles. The number of amides is 1. The molecular weight excluding hydrogens is 267 g/mol. The van der Waals surface area contributed by atoms with Gasteiger partial charge in [0.1, 0.15) is 5.82 Å². The van der Waals surface area contributed by atoms with Gasteiger partial charge in [-0.1, -0.05) is 12.1 Å². The molecule has 1 N–H and O–H groups in total. The van der Waals surface area contributed by atoms with Crippen LogP contribution < -0.4 is 5.32 Å². The number of ketones is 1. The topological polar surface area (TPSA) is 59.1 Å². The van der Waals surface area contributed by atoms with Gasteiger partial charge < -0.3 is 5.32 Å². The molecule has 0 saturated carbocycles. The number of thiazole rings is 1. The van der Waals surface area contributed by atoms with Crippen LogP contribution in [-0.2, 0) is 4.79 Å². The van der Waals surface area contributed by atoms with Crippen molar-refractivity contribution in [1.29, 1.82) is 0 Å². The Morgan fingerprint density at radius 3 is 2.74 bits per heavy atom. The first-order valence-corrected chi connectivity index (χ1v) is 6.52. The molecule has 0 aliphatic carbocycles. The second-order valence-electron chi connectivity index (χ2n) is 3.79. The lowest BCUT2D eigenvalue weighted by atomic mass is 10.1. The van der Waals surface area contributed by atoms with Gasteiger partial charge in [-0.2, -0.15) is 0 Å². The van der Waals surface area contributed by atoms with Crippen molar-refractivity contribution in [2.75, 3.05) is 5.32 Å². The van der Waals surface area contributed by atoms with Gasteiger partial charge in [-0.05, 0) is 12.1 Å². The van der Waals surface area contributed by atoms with Crippen molar-refractivity contribution < 1.29 is 14.0 Å². The number of carbonyl (C=O) groups is 2. The third-order valence-corrected chi connectivity index (χ3v) is 3.12. The van der Waals surface area contributed by atoms with Crippen LogP contribution in [0.3, 0.4) is 0 Å². The molecule has 0 aliphatic rings.